The quantitative estimate of drug-likeness (QED) is 0.634. The average molecular weight is 415 g/mol. The molecule has 30 heavy (non-hydrogen) atoms. The van der Waals surface area contributed by atoms with E-state index >= 15 is 0 Å². The molecule has 0 aliphatic carbocycles. The molecule has 0 radical (unpaired) electrons. The summed E-state index contributed by atoms with van der Waals surface area (Å²) >= 11 is 0. The number of nitrogens with zero attached hydrogens (tertiary/aromatic N) is 3. The van der Waals surface area contributed by atoms with Gasteiger partial charge < -0.3 is 19.1 Å². The van der Waals surface area contributed by atoms with Crippen molar-refractivity contribution in [2.75, 3.05) is 31.7 Å². The van der Waals surface area contributed by atoms with Gasteiger partial charge in [0.05, 0.1) is 29.8 Å². The Kier molecular flexibility index (Phi) is 5.04. The number of hydrogen-bond donors (Lipinski definition) is 0. The molecule has 4 heterocycles. The minimum atomic E-state index is -2.90. The molecule has 6 nitrogen and oxygen atoms in total. The molecule has 5 rings (SSSR count). The Morgan fingerprint density at radius 2 is 2.07 bits per heavy atom. The summed E-state index contributed by atoms with van der Waals surface area (Å²) < 4.78 is 44.2. The zero-order valence-corrected chi connectivity index (χ0v) is 16.6. The molecule has 0 amide bonds. The molecule has 1 saturated heterocycles. The van der Waals surface area contributed by atoms with Crippen LogP contribution in [0, 0.1) is 0 Å². The van der Waals surface area contributed by atoms with E-state index in [1.807, 2.05) is 10.5 Å². The van der Waals surface area contributed by atoms with Crippen LogP contribution >= 0.6 is 0 Å². The number of benzene rings is 1. The first-order valence-corrected chi connectivity index (χ1v) is 10.1. The molecule has 2 atom stereocenters. The van der Waals surface area contributed by atoms with Crippen LogP contribution < -0.4 is 9.64 Å². The second-order valence-corrected chi connectivity index (χ2v) is 7.57. The predicted octanol–water partition coefficient (Wildman–Crippen LogP) is 3.82. The SMILES string of the molecule is COC1CCN(c2ccc3nc4c(n3c2)C(c2ccccc2OC(F)F)OCC4)C1. The highest BCUT2D eigenvalue weighted by molar-refractivity contribution is 5.56. The van der Waals surface area contributed by atoms with Crippen LogP contribution in [-0.2, 0) is 15.9 Å². The van der Waals surface area contributed by atoms with Crippen LogP contribution in [0.25, 0.3) is 5.65 Å². The van der Waals surface area contributed by atoms with Crippen LogP contribution in [0.4, 0.5) is 14.5 Å². The molecular formula is C22H23F2N3O3. The number of ether oxygens (including phenoxy) is 3. The Hall–Kier alpha value is -2.71. The lowest BCUT2D eigenvalue weighted by Crippen LogP contribution is -2.23. The minimum Gasteiger partial charge on any atom is -0.434 e. The number of rotatable bonds is 5. The highest BCUT2D eigenvalue weighted by atomic mass is 19.3. The predicted molar refractivity (Wildman–Crippen MR) is 107 cm³/mol. The number of para-hydroxylation sites is 1. The Morgan fingerprint density at radius 1 is 1.20 bits per heavy atom. The summed E-state index contributed by atoms with van der Waals surface area (Å²) in [7, 11) is 1.74. The Morgan fingerprint density at radius 3 is 2.87 bits per heavy atom. The number of anilines is 1. The van der Waals surface area contributed by atoms with Crippen molar-refractivity contribution in [2.24, 2.45) is 0 Å². The maximum Gasteiger partial charge on any atom is 0.387 e. The summed E-state index contributed by atoms with van der Waals surface area (Å²) in [4.78, 5) is 7.05. The fourth-order valence-corrected chi connectivity index (χ4v) is 4.39. The number of hydrogen-bond acceptors (Lipinski definition) is 5. The van der Waals surface area contributed by atoms with Gasteiger partial charge in [-0.2, -0.15) is 8.78 Å². The van der Waals surface area contributed by atoms with E-state index in [9.17, 15) is 8.78 Å². The average Bonchev–Trinajstić information content (AvgIpc) is 3.37. The van der Waals surface area contributed by atoms with E-state index in [2.05, 4.69) is 17.2 Å². The molecule has 1 fully saturated rings. The maximum absolute atomic E-state index is 12.9. The van der Waals surface area contributed by atoms with Crippen LogP contribution in [-0.4, -0.2) is 48.9 Å². The van der Waals surface area contributed by atoms with Gasteiger partial charge in [0.25, 0.3) is 0 Å². The molecule has 3 aromatic rings. The molecule has 2 aromatic heterocycles. The summed E-state index contributed by atoms with van der Waals surface area (Å²) in [6.45, 7) is -0.665. The van der Waals surface area contributed by atoms with Gasteiger partial charge in [-0.05, 0) is 24.6 Å². The highest BCUT2D eigenvalue weighted by Gasteiger charge is 2.31. The Balaban J connectivity index is 1.58. The van der Waals surface area contributed by atoms with E-state index in [0.717, 1.165) is 42.2 Å². The summed E-state index contributed by atoms with van der Waals surface area (Å²) in [6.07, 6.45) is 3.42. The van der Waals surface area contributed by atoms with Gasteiger partial charge in [-0.3, -0.25) is 4.40 Å². The first-order chi connectivity index (χ1) is 14.6. The van der Waals surface area contributed by atoms with Crippen molar-refractivity contribution in [2.45, 2.75) is 31.7 Å². The van der Waals surface area contributed by atoms with E-state index < -0.39 is 12.7 Å². The zero-order chi connectivity index (χ0) is 20.7. The van der Waals surface area contributed by atoms with Crippen molar-refractivity contribution in [1.29, 1.82) is 0 Å². The monoisotopic (exact) mass is 415 g/mol. The van der Waals surface area contributed by atoms with Gasteiger partial charge in [0.2, 0.25) is 0 Å². The lowest BCUT2D eigenvalue weighted by molar-refractivity contribution is -0.0522. The van der Waals surface area contributed by atoms with Gasteiger partial charge >= 0.3 is 6.61 Å². The summed E-state index contributed by atoms with van der Waals surface area (Å²) in [5.74, 6) is 0.124. The van der Waals surface area contributed by atoms with Crippen molar-refractivity contribution in [1.82, 2.24) is 9.38 Å². The van der Waals surface area contributed by atoms with Gasteiger partial charge in [-0.1, -0.05) is 18.2 Å². The molecule has 0 bridgehead atoms. The van der Waals surface area contributed by atoms with Crippen molar-refractivity contribution in [3.63, 3.8) is 0 Å². The number of pyridine rings is 1. The first-order valence-electron chi connectivity index (χ1n) is 10.1. The van der Waals surface area contributed by atoms with Crippen molar-refractivity contribution in [3.05, 3.63) is 59.5 Å². The third-order valence-corrected chi connectivity index (χ3v) is 5.85. The third kappa shape index (κ3) is 3.40. The molecule has 158 valence electrons. The van der Waals surface area contributed by atoms with E-state index in [1.54, 1.807) is 31.4 Å². The lowest BCUT2D eigenvalue weighted by Gasteiger charge is -2.26. The fourth-order valence-electron chi connectivity index (χ4n) is 4.39. The lowest BCUT2D eigenvalue weighted by atomic mass is 10.0. The van der Waals surface area contributed by atoms with Gasteiger partial charge in [0.15, 0.2) is 0 Å². The molecular weight excluding hydrogens is 392 g/mol. The normalized spacial score (nSPS) is 21.4. The molecule has 0 saturated carbocycles. The number of halogens is 2. The summed E-state index contributed by atoms with van der Waals surface area (Å²) in [5, 5.41) is 0. The number of methoxy groups -OCH3 is 1. The highest BCUT2D eigenvalue weighted by Crippen LogP contribution is 2.38. The number of fused-ring (bicyclic) bond motifs is 3. The molecule has 0 N–H and O–H groups in total. The van der Waals surface area contributed by atoms with Gasteiger partial charge in [0, 0.05) is 38.4 Å². The maximum atomic E-state index is 12.9. The van der Waals surface area contributed by atoms with E-state index in [0.29, 0.717) is 18.6 Å². The number of aromatic nitrogens is 2. The summed E-state index contributed by atoms with van der Waals surface area (Å²) in [6, 6.07) is 10.8. The molecule has 0 spiro atoms. The Labute approximate surface area is 173 Å². The minimum absolute atomic E-state index is 0.124. The van der Waals surface area contributed by atoms with Crippen molar-refractivity contribution < 1.29 is 23.0 Å². The van der Waals surface area contributed by atoms with Crippen molar-refractivity contribution in [3.8, 4) is 5.75 Å². The van der Waals surface area contributed by atoms with Crippen molar-refractivity contribution >= 4 is 11.3 Å². The molecule has 2 unspecified atom stereocenters. The largest absolute Gasteiger partial charge is 0.434 e. The second kappa shape index (κ2) is 7.85. The van der Waals surface area contributed by atoms with E-state index in [1.165, 1.54) is 0 Å². The smallest absolute Gasteiger partial charge is 0.387 e. The zero-order valence-electron chi connectivity index (χ0n) is 16.6. The van der Waals surface area contributed by atoms with Gasteiger partial charge in [-0.25, -0.2) is 4.98 Å². The first kappa shape index (κ1) is 19.3. The number of imidazole rings is 1. The third-order valence-electron chi connectivity index (χ3n) is 5.85. The van der Waals surface area contributed by atoms with Gasteiger partial charge in [0.1, 0.15) is 17.5 Å². The topological polar surface area (TPSA) is 48.2 Å². The number of alkyl halides is 2. The molecule has 2 aliphatic heterocycles. The summed E-state index contributed by atoms with van der Waals surface area (Å²) in [5.41, 5.74) is 4.25. The molecule has 2 aliphatic rings. The molecule has 1 aromatic carbocycles. The van der Waals surface area contributed by atoms with E-state index in [4.69, 9.17) is 19.2 Å². The van der Waals surface area contributed by atoms with Crippen LogP contribution in [0.3, 0.4) is 0 Å². The fraction of sp³-hybridized carbons (Fsp3) is 0.409. The van der Waals surface area contributed by atoms with Crippen LogP contribution in [0.1, 0.15) is 29.5 Å². The van der Waals surface area contributed by atoms with Crippen LogP contribution in [0.15, 0.2) is 42.6 Å². The van der Waals surface area contributed by atoms with E-state index in [-0.39, 0.29) is 11.9 Å². The van der Waals surface area contributed by atoms with Crippen LogP contribution in [0.2, 0.25) is 0 Å². The molecule has 8 heteroatoms. The standard InChI is InChI=1S/C22H23F2N3O3/c1-28-15-8-10-26(13-15)14-6-7-19-25-17-9-11-29-21(20(17)27(19)12-14)16-4-2-3-5-18(16)30-22(23)24/h2-7,12,15,21-22H,8-11,13H2,1H3. The van der Waals surface area contributed by atoms with Crippen LogP contribution in [0.5, 0.6) is 5.75 Å². The second-order valence-electron chi connectivity index (χ2n) is 7.57. The Bertz CT molecular complexity index is 1060. The van der Waals surface area contributed by atoms with Gasteiger partial charge in [-0.15, -0.1) is 0 Å².